The zero-order chi connectivity index (χ0) is 28.1. The van der Waals surface area contributed by atoms with E-state index >= 15 is 0 Å². The average Bonchev–Trinajstić information content (AvgIpc) is 3.37. The summed E-state index contributed by atoms with van der Waals surface area (Å²) in [6, 6.07) is 12.0. The molecule has 0 fully saturated rings. The molecule has 0 saturated carbocycles. The number of hydrogen-bond acceptors (Lipinski definition) is 6. The van der Waals surface area contributed by atoms with E-state index in [4.69, 9.17) is 4.74 Å². The lowest BCUT2D eigenvalue weighted by Crippen LogP contribution is -2.36. The van der Waals surface area contributed by atoms with E-state index in [1.807, 2.05) is 99.0 Å². The van der Waals surface area contributed by atoms with Crippen LogP contribution in [0.4, 0.5) is 16.2 Å². The van der Waals surface area contributed by atoms with Crippen molar-refractivity contribution < 1.29 is 14.3 Å². The van der Waals surface area contributed by atoms with E-state index in [1.54, 1.807) is 21.6 Å². The van der Waals surface area contributed by atoms with Crippen LogP contribution in [0, 0.1) is 0 Å². The number of hydrogen-bond donors (Lipinski definition) is 3. The second kappa shape index (κ2) is 12.3. The molecule has 0 spiro atoms. The van der Waals surface area contributed by atoms with Gasteiger partial charge in [0.2, 0.25) is 0 Å². The zero-order valence-electron chi connectivity index (χ0n) is 23.5. The van der Waals surface area contributed by atoms with Gasteiger partial charge in [-0.15, -0.1) is 0 Å². The van der Waals surface area contributed by atoms with Gasteiger partial charge in [0, 0.05) is 54.7 Å². The van der Waals surface area contributed by atoms with Crippen molar-refractivity contribution in [2.24, 2.45) is 14.1 Å². The lowest BCUT2D eigenvalue weighted by atomic mass is 10.1. The van der Waals surface area contributed by atoms with Gasteiger partial charge in [0.15, 0.2) is 0 Å². The van der Waals surface area contributed by atoms with Crippen LogP contribution in [0.25, 0.3) is 11.1 Å². The number of nitrogens with one attached hydrogen (secondary N) is 3. The fourth-order valence-electron chi connectivity index (χ4n) is 3.84. The van der Waals surface area contributed by atoms with Gasteiger partial charge in [-0.2, -0.15) is 0 Å². The molecule has 3 aromatic rings. The maximum absolute atomic E-state index is 12.8. The van der Waals surface area contributed by atoms with Crippen molar-refractivity contribution in [1.29, 1.82) is 0 Å². The SMILES string of the molecule is CSSC(C)(C)CNC(=O)c1cc(-c2ccc(NCc3cc(NC(=O)OC(C)(C)C)cn3C)cc2)cn1C. The molecule has 0 unspecified atom stereocenters. The molecule has 3 rings (SSSR count). The minimum atomic E-state index is -0.548. The molecule has 0 aliphatic heterocycles. The highest BCUT2D eigenvalue weighted by Gasteiger charge is 2.21. The molecule has 2 amide bonds. The lowest BCUT2D eigenvalue weighted by molar-refractivity contribution is 0.0635. The Morgan fingerprint density at radius 3 is 2.24 bits per heavy atom. The molecule has 206 valence electrons. The Hall–Kier alpha value is -2.98. The van der Waals surface area contributed by atoms with E-state index < -0.39 is 11.7 Å². The number of benzene rings is 1. The van der Waals surface area contributed by atoms with E-state index in [0.717, 1.165) is 22.5 Å². The Kier molecular flexibility index (Phi) is 9.54. The van der Waals surface area contributed by atoms with Gasteiger partial charge in [0.25, 0.3) is 5.91 Å². The first-order valence-corrected chi connectivity index (χ1v) is 15.0. The molecule has 38 heavy (non-hydrogen) atoms. The van der Waals surface area contributed by atoms with Crippen molar-refractivity contribution in [3.05, 3.63) is 60.2 Å². The van der Waals surface area contributed by atoms with Crippen LogP contribution in [0.2, 0.25) is 0 Å². The molecule has 1 aromatic carbocycles. The van der Waals surface area contributed by atoms with E-state index in [-0.39, 0.29) is 10.7 Å². The fourth-order valence-corrected chi connectivity index (χ4v) is 5.95. The largest absolute Gasteiger partial charge is 0.444 e. The number of rotatable bonds is 10. The Bertz CT molecular complexity index is 1260. The third kappa shape index (κ3) is 8.52. The standard InChI is InChI=1S/C28H39N5O3S2/c1-27(2,3)36-26(35)31-22-14-23(32(6)17-22)15-29-21-11-9-19(10-12-21)20-13-24(33(7)16-20)25(34)30-18-28(4,5)38-37-8/h9-14,16-17,29H,15,18H2,1-8H3,(H,30,34)(H,31,35). The molecule has 0 radical (unpaired) electrons. The first-order chi connectivity index (χ1) is 17.8. The number of anilines is 2. The molecule has 8 nitrogen and oxygen atoms in total. The Morgan fingerprint density at radius 2 is 1.61 bits per heavy atom. The van der Waals surface area contributed by atoms with E-state index in [0.29, 0.717) is 24.5 Å². The number of ether oxygens (including phenoxy) is 1. The smallest absolute Gasteiger partial charge is 0.412 e. The van der Waals surface area contributed by atoms with E-state index in [9.17, 15) is 9.59 Å². The fraction of sp³-hybridized carbons (Fsp3) is 0.429. The minimum Gasteiger partial charge on any atom is -0.444 e. The van der Waals surface area contributed by atoms with Gasteiger partial charge in [0.1, 0.15) is 11.3 Å². The minimum absolute atomic E-state index is 0.0402. The van der Waals surface area contributed by atoms with Gasteiger partial charge in [-0.25, -0.2) is 4.79 Å². The lowest BCUT2D eigenvalue weighted by Gasteiger charge is -2.22. The summed E-state index contributed by atoms with van der Waals surface area (Å²) >= 11 is 0. The molecule has 0 aliphatic rings. The summed E-state index contributed by atoms with van der Waals surface area (Å²) in [5, 5.41) is 9.26. The zero-order valence-corrected chi connectivity index (χ0v) is 25.1. The Morgan fingerprint density at radius 1 is 0.921 bits per heavy atom. The quantitative estimate of drug-likeness (QED) is 0.246. The first-order valence-electron chi connectivity index (χ1n) is 12.4. The van der Waals surface area contributed by atoms with Crippen LogP contribution in [0.15, 0.2) is 48.8 Å². The number of aromatic nitrogens is 2. The van der Waals surface area contributed by atoms with Gasteiger partial charge in [-0.1, -0.05) is 33.7 Å². The van der Waals surface area contributed by atoms with E-state index in [2.05, 4.69) is 29.8 Å². The van der Waals surface area contributed by atoms with Crippen LogP contribution in [0.1, 0.15) is 50.8 Å². The van der Waals surface area contributed by atoms with Gasteiger partial charge in [-0.05, 0) is 70.7 Å². The van der Waals surface area contributed by atoms with Gasteiger partial charge >= 0.3 is 6.09 Å². The summed E-state index contributed by atoms with van der Waals surface area (Å²) in [6.45, 7) is 10.9. The van der Waals surface area contributed by atoms with Crippen LogP contribution in [0.5, 0.6) is 0 Å². The molecular weight excluding hydrogens is 518 g/mol. The third-order valence-corrected chi connectivity index (χ3v) is 8.28. The highest BCUT2D eigenvalue weighted by molar-refractivity contribution is 8.76. The third-order valence-electron chi connectivity index (χ3n) is 5.67. The van der Waals surface area contributed by atoms with Crippen molar-refractivity contribution in [3.63, 3.8) is 0 Å². The molecule has 0 saturated heterocycles. The van der Waals surface area contributed by atoms with Crippen LogP contribution >= 0.6 is 21.6 Å². The topological polar surface area (TPSA) is 89.3 Å². The van der Waals surface area contributed by atoms with Crippen molar-refractivity contribution in [2.75, 3.05) is 23.4 Å². The highest BCUT2D eigenvalue weighted by Crippen LogP contribution is 2.33. The van der Waals surface area contributed by atoms with Crippen molar-refractivity contribution in [1.82, 2.24) is 14.5 Å². The van der Waals surface area contributed by atoms with Gasteiger partial charge in [-0.3, -0.25) is 10.1 Å². The van der Waals surface area contributed by atoms with Crippen LogP contribution < -0.4 is 16.0 Å². The number of carbonyl (C=O) groups is 2. The second-order valence-corrected chi connectivity index (χ2v) is 13.9. The number of aryl methyl sites for hydroxylation is 2. The summed E-state index contributed by atoms with van der Waals surface area (Å²) in [4.78, 5) is 24.8. The molecule has 2 aromatic heterocycles. The predicted octanol–water partition coefficient (Wildman–Crippen LogP) is 6.51. The number of amides is 2. The molecule has 0 aliphatic carbocycles. The molecule has 0 bridgehead atoms. The summed E-state index contributed by atoms with van der Waals surface area (Å²) in [5.41, 5.74) is 4.77. The predicted molar refractivity (Wildman–Crippen MR) is 161 cm³/mol. The Balaban J connectivity index is 1.59. The molecule has 2 heterocycles. The monoisotopic (exact) mass is 557 g/mol. The van der Waals surface area contributed by atoms with Crippen molar-refractivity contribution in [3.8, 4) is 11.1 Å². The van der Waals surface area contributed by atoms with Gasteiger partial charge < -0.3 is 24.5 Å². The Labute approximate surface area is 233 Å². The van der Waals surface area contributed by atoms with Crippen LogP contribution in [0.3, 0.4) is 0 Å². The molecule has 0 atom stereocenters. The highest BCUT2D eigenvalue weighted by atomic mass is 33.1. The van der Waals surface area contributed by atoms with Crippen LogP contribution in [-0.4, -0.2) is 44.3 Å². The average molecular weight is 558 g/mol. The molecule has 10 heteroatoms. The second-order valence-electron chi connectivity index (χ2n) is 10.8. The number of carbonyl (C=O) groups excluding carboxylic acids is 2. The maximum atomic E-state index is 12.8. The first kappa shape index (κ1) is 29.6. The number of nitrogens with zero attached hydrogens (tertiary/aromatic N) is 2. The van der Waals surface area contributed by atoms with Gasteiger partial charge in [0.05, 0.1) is 12.2 Å². The van der Waals surface area contributed by atoms with Crippen molar-refractivity contribution in [2.45, 2.75) is 51.5 Å². The van der Waals surface area contributed by atoms with Crippen LogP contribution in [-0.2, 0) is 25.4 Å². The normalized spacial score (nSPS) is 11.8. The summed E-state index contributed by atoms with van der Waals surface area (Å²) in [6.07, 6.45) is 5.40. The maximum Gasteiger partial charge on any atom is 0.412 e. The molecule has 3 N–H and O–H groups in total. The molecular formula is C28H39N5O3S2. The van der Waals surface area contributed by atoms with E-state index in [1.165, 1.54) is 0 Å². The van der Waals surface area contributed by atoms with Crippen molar-refractivity contribution >= 4 is 45.0 Å². The summed E-state index contributed by atoms with van der Waals surface area (Å²) < 4.78 is 9.11. The summed E-state index contributed by atoms with van der Waals surface area (Å²) in [5.74, 6) is -0.0742. The summed E-state index contributed by atoms with van der Waals surface area (Å²) in [7, 11) is 7.28.